The molecular formula is C21H35HgO2. The summed E-state index contributed by atoms with van der Waals surface area (Å²) in [6, 6.07) is 10.6. The van der Waals surface area contributed by atoms with Crippen molar-refractivity contribution in [2.75, 3.05) is 0 Å². The second kappa shape index (κ2) is 19.0. The first-order valence-corrected chi connectivity index (χ1v) is 12.5. The van der Waals surface area contributed by atoms with E-state index in [2.05, 4.69) is 37.3 Å². The van der Waals surface area contributed by atoms with Crippen molar-refractivity contribution in [3.05, 3.63) is 30.3 Å². The maximum atomic E-state index is 10.3. The van der Waals surface area contributed by atoms with E-state index in [1.807, 2.05) is 0 Å². The zero-order valence-electron chi connectivity index (χ0n) is 15.6. The van der Waals surface area contributed by atoms with Crippen LogP contribution in [0.3, 0.4) is 0 Å². The molecule has 0 aliphatic rings. The van der Waals surface area contributed by atoms with Gasteiger partial charge in [-0.1, -0.05) is 77.6 Å². The Morgan fingerprint density at radius 3 is 1.54 bits per heavy atom. The first kappa shape index (κ1) is 23.6. The number of hydrogen-bond acceptors (Lipinski definition) is 1. The van der Waals surface area contributed by atoms with E-state index in [1.54, 1.807) is 0 Å². The zero-order valence-corrected chi connectivity index (χ0v) is 21.1. The Balaban J connectivity index is 0.000000620. The van der Waals surface area contributed by atoms with Gasteiger partial charge in [0.05, 0.1) is 0 Å². The summed E-state index contributed by atoms with van der Waals surface area (Å²) in [6.45, 7) is 2.25. The molecule has 0 atom stereocenters. The van der Waals surface area contributed by atoms with Crippen molar-refractivity contribution in [1.29, 1.82) is 0 Å². The summed E-state index contributed by atoms with van der Waals surface area (Å²) in [7, 11) is 0. The molecule has 0 saturated carbocycles. The number of unbranched alkanes of at least 4 members (excludes halogenated alkanes) is 11. The molecule has 0 saturated heterocycles. The summed E-state index contributed by atoms with van der Waals surface area (Å²) in [5, 5.41) is 8.47. The van der Waals surface area contributed by atoms with Gasteiger partial charge in [-0.2, -0.15) is 0 Å². The predicted octanol–water partition coefficient (Wildman–Crippen LogP) is 6.02. The summed E-state index contributed by atoms with van der Waals surface area (Å²) in [5.41, 5.74) is 0. The first-order chi connectivity index (χ1) is 11.7. The molecule has 3 heteroatoms. The molecular weight excluding hydrogens is 485 g/mol. The molecule has 1 rings (SSSR count). The molecule has 1 aromatic carbocycles. The Morgan fingerprint density at radius 2 is 1.21 bits per heavy atom. The van der Waals surface area contributed by atoms with Crippen molar-refractivity contribution in [1.82, 2.24) is 0 Å². The van der Waals surface area contributed by atoms with E-state index in [0.717, 1.165) is 39.0 Å². The monoisotopic (exact) mass is 521 g/mol. The van der Waals surface area contributed by atoms with Crippen molar-refractivity contribution in [3.8, 4) is 0 Å². The van der Waals surface area contributed by atoms with Gasteiger partial charge in [-0.05, 0) is 6.42 Å². The fourth-order valence-electron chi connectivity index (χ4n) is 2.60. The number of benzene rings is 1. The van der Waals surface area contributed by atoms with Gasteiger partial charge in [0.15, 0.2) is 0 Å². The van der Waals surface area contributed by atoms with E-state index in [-0.39, 0.29) is 0 Å². The summed E-state index contributed by atoms with van der Waals surface area (Å²) in [6.07, 6.45) is 15.8. The number of carbonyl (C=O) groups is 1. The summed E-state index contributed by atoms with van der Waals surface area (Å²) >= 11 is 0.810. The standard InChI is InChI=1S/C15H30O2.C6H5.Hg/c1-2-3-4-5-6-7-8-9-10-11-12-13-14-15(16)17;1-2-4-6-5-3-1;/h2-14H2,1H3,(H,16,17);1-5H;. The van der Waals surface area contributed by atoms with Crippen LogP contribution in [0.25, 0.3) is 0 Å². The average molecular weight is 520 g/mol. The quantitative estimate of drug-likeness (QED) is 0.255. The molecule has 1 aromatic rings. The van der Waals surface area contributed by atoms with E-state index >= 15 is 0 Å². The molecule has 0 spiro atoms. The number of hydrogen-bond donors (Lipinski definition) is 1. The van der Waals surface area contributed by atoms with E-state index in [0.29, 0.717) is 6.42 Å². The molecule has 0 amide bonds. The van der Waals surface area contributed by atoms with Crippen LogP contribution in [0.1, 0.15) is 90.4 Å². The molecule has 133 valence electrons. The topological polar surface area (TPSA) is 37.3 Å². The summed E-state index contributed by atoms with van der Waals surface area (Å²) in [5.74, 6) is -0.655. The Hall–Kier alpha value is -0.375. The van der Waals surface area contributed by atoms with Crippen LogP contribution < -0.4 is 3.07 Å². The second-order valence-corrected chi connectivity index (χ2v) is 9.69. The van der Waals surface area contributed by atoms with Crippen molar-refractivity contribution in [3.63, 3.8) is 0 Å². The molecule has 0 aliphatic carbocycles. The van der Waals surface area contributed by atoms with Crippen LogP contribution >= 0.6 is 0 Å². The van der Waals surface area contributed by atoms with Crippen LogP contribution in [0.15, 0.2) is 30.3 Å². The Bertz CT molecular complexity index is 379. The van der Waals surface area contributed by atoms with Crippen LogP contribution in [0.2, 0.25) is 0 Å². The van der Waals surface area contributed by atoms with Gasteiger partial charge >= 0.3 is 65.5 Å². The minimum atomic E-state index is -0.655. The molecule has 0 fully saturated rings. The predicted molar refractivity (Wildman–Crippen MR) is 99.4 cm³/mol. The third kappa shape index (κ3) is 19.7. The van der Waals surface area contributed by atoms with Crippen LogP contribution in [-0.4, -0.2) is 11.1 Å². The van der Waals surface area contributed by atoms with E-state index in [9.17, 15) is 4.79 Å². The third-order valence-electron chi connectivity index (χ3n) is 4.09. The molecule has 2 nitrogen and oxygen atoms in total. The van der Waals surface area contributed by atoms with Crippen LogP contribution in [-0.2, 0) is 30.9 Å². The van der Waals surface area contributed by atoms with Crippen molar-refractivity contribution in [2.24, 2.45) is 0 Å². The molecule has 0 heterocycles. The van der Waals surface area contributed by atoms with Gasteiger partial charge in [0.1, 0.15) is 0 Å². The summed E-state index contributed by atoms with van der Waals surface area (Å²) in [4.78, 5) is 10.3. The second-order valence-electron chi connectivity index (χ2n) is 6.52. The van der Waals surface area contributed by atoms with Crippen molar-refractivity contribution in [2.45, 2.75) is 90.4 Å². The Morgan fingerprint density at radius 1 is 0.792 bits per heavy atom. The molecule has 0 bridgehead atoms. The number of aliphatic carboxylic acids is 1. The fraction of sp³-hybridized carbons (Fsp3) is 0.667. The van der Waals surface area contributed by atoms with Crippen molar-refractivity contribution >= 4 is 9.04 Å². The maximum absolute atomic E-state index is 10.3. The Labute approximate surface area is 165 Å². The van der Waals surface area contributed by atoms with Crippen LogP contribution in [0.5, 0.6) is 0 Å². The van der Waals surface area contributed by atoms with Crippen LogP contribution in [0.4, 0.5) is 0 Å². The molecule has 0 aliphatic heterocycles. The van der Waals surface area contributed by atoms with Gasteiger partial charge in [0, 0.05) is 6.42 Å². The van der Waals surface area contributed by atoms with E-state index in [1.165, 1.54) is 67.3 Å². The minimum absolute atomic E-state index is 0.345. The van der Waals surface area contributed by atoms with Gasteiger partial charge in [0.25, 0.3) is 0 Å². The van der Waals surface area contributed by atoms with Gasteiger partial charge in [-0.3, -0.25) is 4.79 Å². The van der Waals surface area contributed by atoms with Gasteiger partial charge in [0.2, 0.25) is 0 Å². The SMILES string of the molecule is CCCCCCCCCCCCCCC(=O)O.[Hg][c]1ccccc1. The Kier molecular flexibility index (Phi) is 18.7. The van der Waals surface area contributed by atoms with Crippen LogP contribution in [0, 0.1) is 0 Å². The first-order valence-electron chi connectivity index (χ1n) is 9.75. The molecule has 1 N–H and O–H groups in total. The normalized spacial score (nSPS) is 10.1. The van der Waals surface area contributed by atoms with E-state index in [4.69, 9.17) is 5.11 Å². The number of rotatable bonds is 13. The van der Waals surface area contributed by atoms with Gasteiger partial charge in [-0.15, -0.1) is 0 Å². The van der Waals surface area contributed by atoms with Crippen molar-refractivity contribution < 1.29 is 36.0 Å². The molecule has 0 unspecified atom stereocenters. The molecule has 24 heavy (non-hydrogen) atoms. The fourth-order valence-corrected chi connectivity index (χ4v) is 3.65. The average Bonchev–Trinajstić information content (AvgIpc) is 2.57. The zero-order chi connectivity index (χ0) is 17.9. The number of carboxylic acid groups (broad SMARTS) is 1. The molecule has 0 aromatic heterocycles. The molecule has 0 radical (unpaired) electrons. The van der Waals surface area contributed by atoms with Gasteiger partial charge in [-0.25, -0.2) is 0 Å². The summed E-state index contributed by atoms with van der Waals surface area (Å²) < 4.78 is 1.52. The van der Waals surface area contributed by atoms with E-state index < -0.39 is 5.97 Å². The number of carboxylic acids is 1. The third-order valence-corrected chi connectivity index (χ3v) is 5.92. The van der Waals surface area contributed by atoms with Gasteiger partial charge < -0.3 is 5.11 Å².